The van der Waals surface area contributed by atoms with Crippen molar-refractivity contribution >= 4 is 17.4 Å². The van der Waals surface area contributed by atoms with Gasteiger partial charge in [0.25, 0.3) is 5.91 Å². The van der Waals surface area contributed by atoms with Crippen LogP contribution in [-0.2, 0) is 0 Å². The van der Waals surface area contributed by atoms with Crippen LogP contribution in [0.25, 0.3) is 11.3 Å². The van der Waals surface area contributed by atoms with Gasteiger partial charge in [-0.15, -0.1) is 0 Å². The van der Waals surface area contributed by atoms with Crippen LogP contribution in [0.3, 0.4) is 0 Å². The summed E-state index contributed by atoms with van der Waals surface area (Å²) in [6.07, 6.45) is 4.55. The van der Waals surface area contributed by atoms with Crippen LogP contribution in [0.5, 0.6) is 0 Å². The second-order valence-corrected chi connectivity index (χ2v) is 7.94. The first-order valence-corrected chi connectivity index (χ1v) is 11.0. The fourth-order valence-corrected chi connectivity index (χ4v) is 3.86. The van der Waals surface area contributed by atoms with Crippen molar-refractivity contribution < 1.29 is 14.0 Å². The van der Waals surface area contributed by atoms with Gasteiger partial charge in [0.05, 0.1) is 0 Å². The van der Waals surface area contributed by atoms with Crippen molar-refractivity contribution in [2.45, 2.75) is 13.3 Å². The number of pyridine rings is 1. The highest BCUT2D eigenvalue weighted by atomic mass is 16.3. The Hall–Kier alpha value is -3.45. The number of piperazine rings is 1. The minimum absolute atomic E-state index is 0.0201. The summed E-state index contributed by atoms with van der Waals surface area (Å²) < 4.78 is 5.72. The number of aromatic nitrogens is 1. The van der Waals surface area contributed by atoms with Crippen molar-refractivity contribution in [2.75, 3.05) is 44.2 Å². The van der Waals surface area contributed by atoms with Crippen LogP contribution >= 0.6 is 0 Å². The summed E-state index contributed by atoms with van der Waals surface area (Å²) in [5.41, 5.74) is 2.71. The predicted molar refractivity (Wildman–Crippen MR) is 124 cm³/mol. The maximum Gasteiger partial charge on any atom is 0.287 e. The molecule has 1 aliphatic heterocycles. The molecule has 0 radical (unpaired) electrons. The molecule has 0 saturated carbocycles. The third kappa shape index (κ3) is 5.42. The van der Waals surface area contributed by atoms with Crippen molar-refractivity contribution in [2.24, 2.45) is 0 Å². The van der Waals surface area contributed by atoms with Crippen molar-refractivity contribution in [1.82, 2.24) is 15.2 Å². The Morgan fingerprint density at radius 2 is 1.69 bits per heavy atom. The summed E-state index contributed by atoms with van der Waals surface area (Å²) in [5.74, 6) is 0.713. The second-order valence-electron chi connectivity index (χ2n) is 7.94. The van der Waals surface area contributed by atoms with E-state index in [2.05, 4.69) is 20.1 Å². The van der Waals surface area contributed by atoms with Gasteiger partial charge in [-0.25, -0.2) is 0 Å². The third-order valence-corrected chi connectivity index (χ3v) is 5.74. The van der Waals surface area contributed by atoms with Crippen LogP contribution in [0.1, 0.15) is 34.3 Å². The molecule has 1 amide bonds. The molecule has 1 fully saturated rings. The van der Waals surface area contributed by atoms with E-state index >= 15 is 0 Å². The van der Waals surface area contributed by atoms with Crippen LogP contribution in [-0.4, -0.2) is 60.8 Å². The van der Waals surface area contributed by atoms with E-state index < -0.39 is 0 Å². The highest BCUT2D eigenvalue weighted by Gasteiger charge is 2.17. The Bertz CT molecular complexity index is 1040. The van der Waals surface area contributed by atoms with Crippen molar-refractivity contribution in [3.8, 4) is 11.3 Å². The fourth-order valence-electron chi connectivity index (χ4n) is 3.86. The molecule has 0 unspecified atom stereocenters. The lowest BCUT2D eigenvalue weighted by Gasteiger charge is -2.36. The highest BCUT2D eigenvalue weighted by molar-refractivity contribution is 5.94. The molecule has 7 heteroatoms. The normalized spacial score (nSPS) is 14.3. The number of amides is 1. The van der Waals surface area contributed by atoms with E-state index in [1.807, 2.05) is 36.7 Å². The number of hydrogen-bond donors (Lipinski definition) is 1. The number of rotatable bonds is 8. The summed E-state index contributed by atoms with van der Waals surface area (Å²) in [4.78, 5) is 32.7. The summed E-state index contributed by atoms with van der Waals surface area (Å²) in [7, 11) is 0. The standard InChI is InChI=1S/C25H28N4O3/c1-19(30)20-3-5-21(6-4-20)23-7-8-24(32-23)25(31)27-11-2-14-28-15-17-29(18-16-28)22-9-12-26-13-10-22/h3-10,12-13H,2,11,14-18H2,1H3,(H,27,31). The molecular formula is C25H28N4O3. The quantitative estimate of drug-likeness (QED) is 0.434. The summed E-state index contributed by atoms with van der Waals surface area (Å²) in [5, 5.41) is 2.94. The lowest BCUT2D eigenvalue weighted by molar-refractivity contribution is 0.0924. The number of carbonyl (C=O) groups is 2. The van der Waals surface area contributed by atoms with Gasteiger partial charge in [0.15, 0.2) is 11.5 Å². The van der Waals surface area contributed by atoms with E-state index in [9.17, 15) is 9.59 Å². The largest absolute Gasteiger partial charge is 0.451 e. The van der Waals surface area contributed by atoms with Crippen molar-refractivity contribution in [3.05, 3.63) is 72.2 Å². The van der Waals surface area contributed by atoms with E-state index in [0.29, 0.717) is 23.6 Å². The van der Waals surface area contributed by atoms with Gasteiger partial charge in [-0.3, -0.25) is 19.5 Å². The van der Waals surface area contributed by atoms with E-state index in [-0.39, 0.29) is 11.7 Å². The Balaban J connectivity index is 1.19. The average Bonchev–Trinajstić information content (AvgIpc) is 3.33. The van der Waals surface area contributed by atoms with Gasteiger partial charge in [0.2, 0.25) is 0 Å². The fraction of sp³-hybridized carbons (Fsp3) is 0.320. The van der Waals surface area contributed by atoms with Crippen LogP contribution in [0.15, 0.2) is 65.3 Å². The molecule has 166 valence electrons. The maximum absolute atomic E-state index is 12.4. The zero-order chi connectivity index (χ0) is 22.3. The Labute approximate surface area is 188 Å². The van der Waals surface area contributed by atoms with Gasteiger partial charge in [0.1, 0.15) is 5.76 Å². The second kappa shape index (κ2) is 10.2. The molecule has 32 heavy (non-hydrogen) atoms. The Morgan fingerprint density at radius 3 is 2.38 bits per heavy atom. The Morgan fingerprint density at radius 1 is 0.969 bits per heavy atom. The van der Waals surface area contributed by atoms with Gasteiger partial charge in [-0.2, -0.15) is 0 Å². The van der Waals surface area contributed by atoms with Crippen LogP contribution in [0.2, 0.25) is 0 Å². The number of Topliss-reactive ketones (excluding diaryl/α,β-unsaturated/α-hetero) is 1. The molecule has 2 aromatic heterocycles. The lowest BCUT2D eigenvalue weighted by atomic mass is 10.1. The van der Waals surface area contributed by atoms with E-state index in [1.165, 1.54) is 12.6 Å². The van der Waals surface area contributed by atoms with Gasteiger partial charge in [0, 0.05) is 61.9 Å². The van der Waals surface area contributed by atoms with E-state index in [0.717, 1.165) is 44.7 Å². The van der Waals surface area contributed by atoms with E-state index in [1.54, 1.807) is 24.3 Å². The van der Waals surface area contributed by atoms with Crippen molar-refractivity contribution in [3.63, 3.8) is 0 Å². The SMILES string of the molecule is CC(=O)c1ccc(-c2ccc(C(=O)NCCCN3CCN(c4ccncc4)CC3)o2)cc1. The first kappa shape index (κ1) is 21.8. The molecule has 4 rings (SSSR count). The molecule has 3 heterocycles. The van der Waals surface area contributed by atoms with Gasteiger partial charge < -0.3 is 14.6 Å². The molecule has 0 bridgehead atoms. The van der Waals surface area contributed by atoms with Gasteiger partial charge in [-0.05, 0) is 44.2 Å². The molecule has 1 N–H and O–H groups in total. The number of carbonyl (C=O) groups excluding carboxylic acids is 2. The average molecular weight is 433 g/mol. The molecule has 1 saturated heterocycles. The minimum Gasteiger partial charge on any atom is -0.451 e. The number of anilines is 1. The maximum atomic E-state index is 12.4. The molecule has 1 aromatic carbocycles. The molecule has 3 aromatic rings. The summed E-state index contributed by atoms with van der Waals surface area (Å²) >= 11 is 0. The number of benzene rings is 1. The number of nitrogens with one attached hydrogen (secondary N) is 1. The minimum atomic E-state index is -0.209. The molecule has 0 spiro atoms. The number of nitrogens with zero attached hydrogens (tertiary/aromatic N) is 3. The topological polar surface area (TPSA) is 78.7 Å². The monoisotopic (exact) mass is 432 g/mol. The Kier molecular flexibility index (Phi) is 6.97. The lowest BCUT2D eigenvalue weighted by Crippen LogP contribution is -2.47. The number of hydrogen-bond acceptors (Lipinski definition) is 6. The molecule has 7 nitrogen and oxygen atoms in total. The first-order valence-electron chi connectivity index (χ1n) is 11.0. The molecule has 1 aliphatic rings. The van der Waals surface area contributed by atoms with Crippen LogP contribution in [0, 0.1) is 0 Å². The van der Waals surface area contributed by atoms with Crippen molar-refractivity contribution in [1.29, 1.82) is 0 Å². The molecule has 0 aliphatic carbocycles. The molecular weight excluding hydrogens is 404 g/mol. The smallest absolute Gasteiger partial charge is 0.287 e. The summed E-state index contributed by atoms with van der Waals surface area (Å²) in [6.45, 7) is 7.12. The number of ketones is 1. The van der Waals surface area contributed by atoms with Crippen LogP contribution < -0.4 is 10.2 Å². The summed E-state index contributed by atoms with van der Waals surface area (Å²) in [6, 6.07) is 14.7. The molecule has 0 atom stereocenters. The highest BCUT2D eigenvalue weighted by Crippen LogP contribution is 2.23. The zero-order valence-corrected chi connectivity index (χ0v) is 18.3. The van der Waals surface area contributed by atoms with E-state index in [4.69, 9.17) is 4.42 Å². The number of furan rings is 1. The zero-order valence-electron chi connectivity index (χ0n) is 18.3. The van der Waals surface area contributed by atoms with Gasteiger partial charge >= 0.3 is 0 Å². The first-order chi connectivity index (χ1) is 15.6. The van der Waals surface area contributed by atoms with Gasteiger partial charge in [-0.1, -0.05) is 24.3 Å². The van der Waals surface area contributed by atoms with Crippen LogP contribution in [0.4, 0.5) is 5.69 Å². The predicted octanol–water partition coefficient (Wildman–Crippen LogP) is 3.49. The third-order valence-electron chi connectivity index (χ3n) is 5.74.